The molecule has 3 atom stereocenters. The normalized spacial score (nSPS) is 24.2. The Morgan fingerprint density at radius 1 is 1.31 bits per heavy atom. The molecule has 1 unspecified atom stereocenters. The number of aryl methyl sites for hydroxylation is 2. The van der Waals surface area contributed by atoms with Crippen molar-refractivity contribution in [1.29, 1.82) is 0 Å². The first kappa shape index (κ1) is 19.8. The van der Waals surface area contributed by atoms with Crippen molar-refractivity contribution in [2.75, 3.05) is 12.0 Å². The molecular weight excluding hydrogens is 382 g/mol. The van der Waals surface area contributed by atoms with E-state index in [9.17, 15) is 13.6 Å². The second kappa shape index (κ2) is 7.38. The van der Waals surface area contributed by atoms with Gasteiger partial charge in [0, 0.05) is 30.6 Å². The SMILES string of the molecule is COC(=O)NC1C[C@H]2CC[C@@H](C1)N2c1nc(C)nc2cc(CCC(C)(F)F)nn12. The molecule has 0 aromatic carbocycles. The minimum atomic E-state index is -2.73. The third kappa shape index (κ3) is 4.11. The van der Waals surface area contributed by atoms with Crippen LogP contribution in [0.2, 0.25) is 0 Å². The number of alkyl halides is 2. The van der Waals surface area contributed by atoms with E-state index >= 15 is 0 Å². The molecule has 2 aliphatic rings. The summed E-state index contributed by atoms with van der Waals surface area (Å²) in [5, 5.41) is 7.45. The van der Waals surface area contributed by atoms with Crippen LogP contribution in [-0.4, -0.2) is 56.8 Å². The first-order chi connectivity index (χ1) is 13.7. The van der Waals surface area contributed by atoms with Gasteiger partial charge in [0.05, 0.1) is 12.8 Å². The molecule has 2 fully saturated rings. The summed E-state index contributed by atoms with van der Waals surface area (Å²) in [6.07, 6.45) is 3.12. The number of alkyl carbamates (subject to hydrolysis) is 1. The summed E-state index contributed by atoms with van der Waals surface area (Å²) in [5.74, 6) is -1.41. The first-order valence-electron chi connectivity index (χ1n) is 9.97. The molecule has 2 aromatic rings. The smallest absolute Gasteiger partial charge is 0.407 e. The van der Waals surface area contributed by atoms with E-state index in [-0.39, 0.29) is 31.0 Å². The number of carbonyl (C=O) groups is 1. The van der Waals surface area contributed by atoms with Gasteiger partial charge in [-0.1, -0.05) is 0 Å². The quantitative estimate of drug-likeness (QED) is 0.819. The summed E-state index contributed by atoms with van der Waals surface area (Å²) >= 11 is 0. The highest BCUT2D eigenvalue weighted by atomic mass is 19.3. The maximum absolute atomic E-state index is 13.3. The number of halogens is 2. The Hall–Kier alpha value is -2.52. The molecule has 29 heavy (non-hydrogen) atoms. The molecule has 4 rings (SSSR count). The molecule has 1 amide bonds. The van der Waals surface area contributed by atoms with Gasteiger partial charge in [0.15, 0.2) is 5.65 Å². The average molecular weight is 408 g/mol. The summed E-state index contributed by atoms with van der Waals surface area (Å²) in [5.41, 5.74) is 1.21. The number of rotatable bonds is 5. The van der Waals surface area contributed by atoms with Gasteiger partial charge in [0.25, 0.3) is 0 Å². The maximum atomic E-state index is 13.3. The van der Waals surface area contributed by atoms with Crippen molar-refractivity contribution < 1.29 is 18.3 Å². The molecule has 0 saturated carbocycles. The average Bonchev–Trinajstić information content (AvgIpc) is 3.17. The Morgan fingerprint density at radius 2 is 2.00 bits per heavy atom. The predicted molar refractivity (Wildman–Crippen MR) is 102 cm³/mol. The Bertz CT molecular complexity index is 898. The number of hydrogen-bond donors (Lipinski definition) is 1. The fourth-order valence-corrected chi connectivity index (χ4v) is 4.51. The van der Waals surface area contributed by atoms with Crippen LogP contribution in [0.25, 0.3) is 5.65 Å². The number of amides is 1. The van der Waals surface area contributed by atoms with Crippen molar-refractivity contribution in [3.8, 4) is 0 Å². The van der Waals surface area contributed by atoms with Crippen LogP contribution in [0, 0.1) is 6.92 Å². The summed E-state index contributed by atoms with van der Waals surface area (Å²) in [6.45, 7) is 2.74. The number of methoxy groups -OCH3 is 1. The summed E-state index contributed by atoms with van der Waals surface area (Å²) in [7, 11) is 1.36. The third-order valence-electron chi connectivity index (χ3n) is 5.76. The number of nitrogens with zero attached hydrogens (tertiary/aromatic N) is 5. The van der Waals surface area contributed by atoms with Gasteiger partial charge in [0.1, 0.15) is 5.82 Å². The number of ether oxygens (including phenoxy) is 1. The van der Waals surface area contributed by atoms with Crippen molar-refractivity contribution in [3.05, 3.63) is 17.6 Å². The predicted octanol–water partition coefficient (Wildman–Crippen LogP) is 2.88. The van der Waals surface area contributed by atoms with E-state index in [0.29, 0.717) is 23.1 Å². The molecule has 4 heterocycles. The maximum Gasteiger partial charge on any atom is 0.407 e. The zero-order chi connectivity index (χ0) is 20.8. The second-order valence-corrected chi connectivity index (χ2v) is 8.14. The molecule has 10 heteroatoms. The number of carbonyl (C=O) groups excluding carboxylic acids is 1. The van der Waals surface area contributed by atoms with E-state index in [0.717, 1.165) is 32.6 Å². The number of hydrogen-bond acceptors (Lipinski definition) is 6. The second-order valence-electron chi connectivity index (χ2n) is 8.14. The van der Waals surface area contributed by atoms with Crippen LogP contribution in [0.1, 0.15) is 50.5 Å². The molecule has 8 nitrogen and oxygen atoms in total. The molecule has 0 radical (unpaired) electrons. The zero-order valence-corrected chi connectivity index (χ0v) is 16.9. The van der Waals surface area contributed by atoms with E-state index in [4.69, 9.17) is 4.74 Å². The van der Waals surface area contributed by atoms with Crippen molar-refractivity contribution in [1.82, 2.24) is 24.9 Å². The fourth-order valence-electron chi connectivity index (χ4n) is 4.51. The Morgan fingerprint density at radius 3 is 2.62 bits per heavy atom. The molecule has 2 aliphatic heterocycles. The van der Waals surface area contributed by atoms with Crippen LogP contribution in [0.4, 0.5) is 19.5 Å². The molecule has 2 saturated heterocycles. The van der Waals surface area contributed by atoms with Crippen molar-refractivity contribution >= 4 is 17.7 Å². The standard InChI is InChI=1S/C19H26F2N6O2/c1-11-22-16-10-12(6-7-19(2,20)21)25-27(16)17(23-11)26-14-4-5-15(26)9-13(8-14)24-18(28)29-3/h10,13-15H,4-9H2,1-3H3,(H,24,28)/t13?,14-,15+. The zero-order valence-electron chi connectivity index (χ0n) is 16.9. The Labute approximate surface area is 167 Å². The van der Waals surface area contributed by atoms with E-state index < -0.39 is 12.0 Å². The van der Waals surface area contributed by atoms with Gasteiger partial charge in [-0.05, 0) is 46.0 Å². The molecule has 0 spiro atoms. The van der Waals surface area contributed by atoms with Gasteiger partial charge in [-0.25, -0.2) is 18.6 Å². The van der Waals surface area contributed by atoms with E-state index in [1.165, 1.54) is 7.11 Å². The fraction of sp³-hybridized carbons (Fsp3) is 0.684. The van der Waals surface area contributed by atoms with Gasteiger partial charge in [0.2, 0.25) is 11.9 Å². The number of aromatic nitrogens is 4. The van der Waals surface area contributed by atoms with Gasteiger partial charge < -0.3 is 15.0 Å². The number of fused-ring (bicyclic) bond motifs is 3. The lowest BCUT2D eigenvalue weighted by molar-refractivity contribution is 0.0130. The highest BCUT2D eigenvalue weighted by Gasteiger charge is 2.43. The van der Waals surface area contributed by atoms with Gasteiger partial charge in [-0.2, -0.15) is 14.6 Å². The summed E-state index contributed by atoms with van der Waals surface area (Å²) < 4.78 is 32.9. The van der Waals surface area contributed by atoms with E-state index in [1.807, 2.05) is 6.92 Å². The van der Waals surface area contributed by atoms with Gasteiger partial charge in [-0.3, -0.25) is 0 Å². The van der Waals surface area contributed by atoms with Crippen LogP contribution in [0.5, 0.6) is 0 Å². The molecule has 2 aromatic heterocycles. The Kier molecular flexibility index (Phi) is 5.04. The minimum absolute atomic E-state index is 0.0644. The first-order valence-corrected chi connectivity index (χ1v) is 9.97. The number of piperidine rings is 1. The molecule has 158 valence electrons. The van der Waals surface area contributed by atoms with Crippen LogP contribution >= 0.6 is 0 Å². The highest BCUT2D eigenvalue weighted by Crippen LogP contribution is 2.38. The van der Waals surface area contributed by atoms with Crippen molar-refractivity contribution in [3.63, 3.8) is 0 Å². The van der Waals surface area contributed by atoms with Crippen LogP contribution in [0.3, 0.4) is 0 Å². The lowest BCUT2D eigenvalue weighted by Crippen LogP contribution is -2.51. The lowest BCUT2D eigenvalue weighted by Gasteiger charge is -2.39. The minimum Gasteiger partial charge on any atom is -0.453 e. The van der Waals surface area contributed by atoms with Gasteiger partial charge in [-0.15, -0.1) is 0 Å². The largest absolute Gasteiger partial charge is 0.453 e. The molecule has 2 bridgehead atoms. The highest BCUT2D eigenvalue weighted by molar-refractivity contribution is 5.67. The number of nitrogens with one attached hydrogen (secondary N) is 1. The van der Waals surface area contributed by atoms with Gasteiger partial charge >= 0.3 is 6.09 Å². The summed E-state index contributed by atoms with van der Waals surface area (Å²) in [4.78, 5) is 22.9. The summed E-state index contributed by atoms with van der Waals surface area (Å²) in [6, 6.07) is 2.27. The Balaban J connectivity index is 1.61. The van der Waals surface area contributed by atoms with Crippen molar-refractivity contribution in [2.24, 2.45) is 0 Å². The van der Waals surface area contributed by atoms with Crippen LogP contribution < -0.4 is 10.2 Å². The van der Waals surface area contributed by atoms with Crippen LogP contribution in [0.15, 0.2) is 6.07 Å². The lowest BCUT2D eigenvalue weighted by atomic mass is 9.98. The molecular formula is C19H26F2N6O2. The van der Waals surface area contributed by atoms with Crippen LogP contribution in [-0.2, 0) is 11.2 Å². The third-order valence-corrected chi connectivity index (χ3v) is 5.76. The molecule has 0 aliphatic carbocycles. The van der Waals surface area contributed by atoms with E-state index in [1.54, 1.807) is 10.6 Å². The monoisotopic (exact) mass is 408 g/mol. The molecule has 1 N–H and O–H groups in total. The topological polar surface area (TPSA) is 84.6 Å². The van der Waals surface area contributed by atoms with Crippen molar-refractivity contribution in [2.45, 2.75) is 76.4 Å². The van der Waals surface area contributed by atoms with E-state index in [2.05, 4.69) is 25.3 Å². The number of anilines is 1.